The molecule has 0 saturated carbocycles. The van der Waals surface area contributed by atoms with Crippen LogP contribution in [0.3, 0.4) is 0 Å². The Morgan fingerprint density at radius 1 is 1.07 bits per heavy atom. The number of anilines is 2. The topological polar surface area (TPSA) is 110 Å². The quantitative estimate of drug-likeness (QED) is 0.570. The van der Waals surface area contributed by atoms with Crippen molar-refractivity contribution in [3.8, 4) is 0 Å². The van der Waals surface area contributed by atoms with E-state index >= 15 is 0 Å². The first-order valence-corrected chi connectivity index (χ1v) is 10.7. The summed E-state index contributed by atoms with van der Waals surface area (Å²) in [5.41, 5.74) is 2.47. The summed E-state index contributed by atoms with van der Waals surface area (Å²) < 4.78 is 30.0. The molecule has 1 aliphatic rings. The van der Waals surface area contributed by atoms with Crippen molar-refractivity contribution in [2.24, 2.45) is 0 Å². The van der Waals surface area contributed by atoms with Gasteiger partial charge in [0.1, 0.15) is 0 Å². The normalized spacial score (nSPS) is 13.0. The summed E-state index contributed by atoms with van der Waals surface area (Å²) in [5.74, 6) is -1.25. The number of amides is 1. The Bertz CT molecular complexity index is 1080. The van der Waals surface area contributed by atoms with E-state index in [9.17, 15) is 22.8 Å². The number of ether oxygens (including phenoxy) is 1. The van der Waals surface area contributed by atoms with Crippen LogP contribution in [0.4, 0.5) is 11.4 Å². The molecule has 2 aromatic carbocycles. The van der Waals surface area contributed by atoms with Gasteiger partial charge in [-0.25, -0.2) is 13.2 Å². The number of rotatable bonds is 6. The molecule has 2 aromatic rings. The van der Waals surface area contributed by atoms with Gasteiger partial charge in [0.15, 0.2) is 12.4 Å². The number of Topliss-reactive ketones (excluding diaryl/α,β-unsaturated/α-hetero) is 1. The number of fused-ring (bicyclic) bond motifs is 1. The molecule has 0 fully saturated rings. The van der Waals surface area contributed by atoms with Gasteiger partial charge in [0.25, 0.3) is 0 Å². The van der Waals surface area contributed by atoms with E-state index < -0.39 is 22.6 Å². The van der Waals surface area contributed by atoms with E-state index in [1.165, 1.54) is 29.4 Å². The van der Waals surface area contributed by atoms with Gasteiger partial charge in [-0.3, -0.25) is 13.9 Å². The van der Waals surface area contributed by atoms with Gasteiger partial charge in [0.2, 0.25) is 15.9 Å². The van der Waals surface area contributed by atoms with Gasteiger partial charge in [-0.2, -0.15) is 0 Å². The van der Waals surface area contributed by atoms with Crippen LogP contribution in [-0.4, -0.2) is 45.5 Å². The van der Waals surface area contributed by atoms with Crippen molar-refractivity contribution < 1.29 is 27.5 Å². The zero-order chi connectivity index (χ0) is 21.2. The number of carbonyl (C=O) groups is 3. The molecule has 1 N–H and O–H groups in total. The van der Waals surface area contributed by atoms with Gasteiger partial charge >= 0.3 is 5.97 Å². The predicted octanol–water partition coefficient (Wildman–Crippen LogP) is 2.01. The van der Waals surface area contributed by atoms with Crippen LogP contribution in [0, 0.1) is 0 Å². The van der Waals surface area contributed by atoms with Gasteiger partial charge in [-0.05, 0) is 54.4 Å². The second kappa shape index (κ2) is 8.04. The molecule has 0 radical (unpaired) electrons. The molecule has 29 heavy (non-hydrogen) atoms. The zero-order valence-electron chi connectivity index (χ0n) is 16.0. The summed E-state index contributed by atoms with van der Waals surface area (Å²) >= 11 is 0. The molecule has 1 amide bonds. The molecule has 152 valence electrons. The second-order valence-corrected chi connectivity index (χ2v) is 8.59. The monoisotopic (exact) mass is 416 g/mol. The molecule has 0 spiro atoms. The van der Waals surface area contributed by atoms with Crippen LogP contribution in [0.2, 0.25) is 0 Å². The summed E-state index contributed by atoms with van der Waals surface area (Å²) in [5, 5.41) is 2.60. The molecule has 0 atom stereocenters. The molecule has 1 heterocycles. The van der Waals surface area contributed by atoms with Crippen LogP contribution >= 0.6 is 0 Å². The smallest absolute Gasteiger partial charge is 0.338 e. The summed E-state index contributed by atoms with van der Waals surface area (Å²) in [6.45, 7) is 1.29. The van der Waals surface area contributed by atoms with Crippen LogP contribution in [-0.2, 0) is 26.0 Å². The van der Waals surface area contributed by atoms with E-state index in [0.717, 1.165) is 11.8 Å². The number of esters is 1. The van der Waals surface area contributed by atoms with Crippen LogP contribution in [0.1, 0.15) is 33.2 Å². The van der Waals surface area contributed by atoms with Gasteiger partial charge in [0.05, 0.1) is 17.5 Å². The standard InChI is InChI=1S/C20H20N2O6S/c1-13(23)21-17-6-3-14(4-7-17)19(24)12-28-20(25)16-5-8-18-15(11-16)9-10-22(18)29(2,26)27/h3-8,11H,9-10,12H2,1-2H3,(H,21,23). The minimum Gasteiger partial charge on any atom is -0.454 e. The second-order valence-electron chi connectivity index (χ2n) is 6.69. The van der Waals surface area contributed by atoms with Crippen molar-refractivity contribution in [2.45, 2.75) is 13.3 Å². The lowest BCUT2D eigenvalue weighted by atomic mass is 10.1. The van der Waals surface area contributed by atoms with E-state index in [1.807, 2.05) is 0 Å². The third-order valence-corrected chi connectivity index (χ3v) is 5.61. The average molecular weight is 416 g/mol. The molecular formula is C20H20N2O6S. The van der Waals surface area contributed by atoms with E-state index in [-0.39, 0.29) is 17.3 Å². The van der Waals surface area contributed by atoms with Crippen molar-refractivity contribution in [3.05, 3.63) is 59.2 Å². The fourth-order valence-corrected chi connectivity index (χ4v) is 4.04. The van der Waals surface area contributed by atoms with Crippen molar-refractivity contribution in [2.75, 3.05) is 29.0 Å². The van der Waals surface area contributed by atoms with Crippen molar-refractivity contribution in [3.63, 3.8) is 0 Å². The van der Waals surface area contributed by atoms with Gasteiger partial charge in [0, 0.05) is 24.7 Å². The van der Waals surface area contributed by atoms with Gasteiger partial charge in [-0.15, -0.1) is 0 Å². The first kappa shape index (κ1) is 20.5. The summed E-state index contributed by atoms with van der Waals surface area (Å²) in [4.78, 5) is 35.5. The predicted molar refractivity (Wildman–Crippen MR) is 108 cm³/mol. The minimum absolute atomic E-state index is 0.216. The lowest BCUT2D eigenvalue weighted by Gasteiger charge is -2.16. The van der Waals surface area contributed by atoms with E-state index in [2.05, 4.69) is 5.32 Å². The number of hydrogen-bond acceptors (Lipinski definition) is 6. The molecule has 0 unspecified atom stereocenters. The number of ketones is 1. The Hall–Kier alpha value is -3.20. The molecular weight excluding hydrogens is 396 g/mol. The summed E-state index contributed by atoms with van der Waals surface area (Å²) in [6, 6.07) is 10.9. The maximum Gasteiger partial charge on any atom is 0.338 e. The van der Waals surface area contributed by atoms with Crippen LogP contribution in [0.5, 0.6) is 0 Å². The van der Waals surface area contributed by atoms with E-state index in [4.69, 9.17) is 4.74 Å². The van der Waals surface area contributed by atoms with Crippen molar-refractivity contribution in [1.29, 1.82) is 0 Å². The first-order valence-electron chi connectivity index (χ1n) is 8.84. The highest BCUT2D eigenvalue weighted by Gasteiger charge is 2.27. The highest BCUT2D eigenvalue weighted by Crippen LogP contribution is 2.30. The zero-order valence-corrected chi connectivity index (χ0v) is 16.8. The maximum absolute atomic E-state index is 12.3. The molecule has 3 rings (SSSR count). The third-order valence-electron chi connectivity index (χ3n) is 4.43. The number of hydrogen-bond donors (Lipinski definition) is 1. The fraction of sp³-hybridized carbons (Fsp3) is 0.250. The van der Waals surface area contributed by atoms with E-state index in [0.29, 0.717) is 29.9 Å². The number of benzene rings is 2. The molecule has 9 heteroatoms. The molecule has 8 nitrogen and oxygen atoms in total. The van der Waals surface area contributed by atoms with Crippen LogP contribution in [0.15, 0.2) is 42.5 Å². The Kier molecular flexibility index (Phi) is 5.69. The SMILES string of the molecule is CC(=O)Nc1ccc(C(=O)COC(=O)c2ccc3c(c2)CCN3S(C)(=O)=O)cc1. The third kappa shape index (κ3) is 4.80. The Morgan fingerprint density at radius 3 is 2.34 bits per heavy atom. The minimum atomic E-state index is -3.36. The molecule has 1 aliphatic heterocycles. The lowest BCUT2D eigenvalue weighted by Crippen LogP contribution is -2.27. The van der Waals surface area contributed by atoms with Crippen molar-refractivity contribution in [1.82, 2.24) is 0 Å². The van der Waals surface area contributed by atoms with Crippen molar-refractivity contribution >= 4 is 39.1 Å². The van der Waals surface area contributed by atoms with Gasteiger partial charge < -0.3 is 10.1 Å². The first-order chi connectivity index (χ1) is 13.6. The maximum atomic E-state index is 12.3. The highest BCUT2D eigenvalue weighted by atomic mass is 32.2. The molecule has 0 aromatic heterocycles. The molecule has 0 aliphatic carbocycles. The summed E-state index contributed by atoms with van der Waals surface area (Å²) in [6.07, 6.45) is 1.64. The molecule has 0 saturated heterocycles. The highest BCUT2D eigenvalue weighted by molar-refractivity contribution is 7.92. The average Bonchev–Trinajstić information content (AvgIpc) is 3.09. The number of carbonyl (C=O) groups excluding carboxylic acids is 3. The molecule has 0 bridgehead atoms. The fourth-order valence-electron chi connectivity index (χ4n) is 3.08. The Morgan fingerprint density at radius 2 is 1.72 bits per heavy atom. The Labute approximate surface area is 168 Å². The van der Waals surface area contributed by atoms with Gasteiger partial charge in [-0.1, -0.05) is 0 Å². The summed E-state index contributed by atoms with van der Waals surface area (Å²) in [7, 11) is -3.36. The van der Waals surface area contributed by atoms with E-state index in [1.54, 1.807) is 24.3 Å². The number of nitrogens with zero attached hydrogens (tertiary/aromatic N) is 1. The Balaban J connectivity index is 1.62. The number of nitrogens with one attached hydrogen (secondary N) is 1. The lowest BCUT2D eigenvalue weighted by molar-refractivity contribution is -0.114. The largest absolute Gasteiger partial charge is 0.454 e. The number of sulfonamides is 1. The van der Waals surface area contributed by atoms with Crippen LogP contribution < -0.4 is 9.62 Å². The van der Waals surface area contributed by atoms with Crippen LogP contribution in [0.25, 0.3) is 0 Å².